The van der Waals surface area contributed by atoms with E-state index in [0.29, 0.717) is 0 Å². The van der Waals surface area contributed by atoms with Gasteiger partial charge >= 0.3 is 0 Å². The summed E-state index contributed by atoms with van der Waals surface area (Å²) >= 11 is 0. The number of hydrogen-bond acceptors (Lipinski definition) is 0. The maximum absolute atomic E-state index is 2.47. The van der Waals surface area contributed by atoms with E-state index >= 15 is 0 Å². The molecule has 0 aromatic heterocycles. The first kappa shape index (κ1) is 24.9. The molecule has 0 fully saturated rings. The van der Waals surface area contributed by atoms with E-state index in [2.05, 4.69) is 159 Å². The van der Waals surface area contributed by atoms with Crippen molar-refractivity contribution in [3.8, 4) is 33.4 Å². The summed E-state index contributed by atoms with van der Waals surface area (Å²) in [5.41, 5.74) is 10.6. The van der Waals surface area contributed by atoms with Crippen LogP contribution in [0, 0.1) is 0 Å². The van der Waals surface area contributed by atoms with Crippen molar-refractivity contribution in [2.75, 3.05) is 0 Å². The number of benzene rings is 9. The molecular weight excluding hydrogens is 540 g/mol. The van der Waals surface area contributed by atoms with E-state index in [1.54, 1.807) is 0 Å². The lowest BCUT2D eigenvalue weighted by molar-refractivity contribution is 0.661. The highest BCUT2D eigenvalue weighted by molar-refractivity contribution is 6.25. The standard InChI is InChI=1S/C45H30/c1-45(2)40-24-23-36-34(32-16-13-27-7-3-4-8-31(27)25-32)11-6-12-37(36)44(40)39-22-19-33(26-41(39)45)35-20-17-30-15-14-28-9-5-10-29-18-21-38(35)43(30)42(28)29/h3-26H,1-2H3. The zero-order valence-electron chi connectivity index (χ0n) is 25.4. The second-order valence-electron chi connectivity index (χ2n) is 13.3. The van der Waals surface area contributed by atoms with Gasteiger partial charge in [0.25, 0.3) is 0 Å². The van der Waals surface area contributed by atoms with Gasteiger partial charge < -0.3 is 0 Å². The summed E-state index contributed by atoms with van der Waals surface area (Å²) in [7, 11) is 0. The van der Waals surface area contributed by atoms with E-state index in [-0.39, 0.29) is 5.41 Å². The van der Waals surface area contributed by atoms with Gasteiger partial charge in [-0.3, -0.25) is 0 Å². The van der Waals surface area contributed by atoms with E-state index in [4.69, 9.17) is 0 Å². The Morgan fingerprint density at radius 2 is 0.956 bits per heavy atom. The van der Waals surface area contributed by atoms with Gasteiger partial charge in [-0.15, -0.1) is 0 Å². The van der Waals surface area contributed by atoms with Gasteiger partial charge in [-0.25, -0.2) is 0 Å². The van der Waals surface area contributed by atoms with Crippen LogP contribution in [0.1, 0.15) is 25.0 Å². The summed E-state index contributed by atoms with van der Waals surface area (Å²) in [6.07, 6.45) is 0. The van der Waals surface area contributed by atoms with Crippen LogP contribution in [0.5, 0.6) is 0 Å². The first-order valence-electron chi connectivity index (χ1n) is 15.9. The van der Waals surface area contributed by atoms with Crippen molar-refractivity contribution in [2.45, 2.75) is 19.3 Å². The van der Waals surface area contributed by atoms with Crippen molar-refractivity contribution in [3.05, 3.63) is 157 Å². The van der Waals surface area contributed by atoms with Crippen LogP contribution in [-0.4, -0.2) is 0 Å². The van der Waals surface area contributed by atoms with Gasteiger partial charge in [-0.1, -0.05) is 147 Å². The molecule has 9 aromatic carbocycles. The van der Waals surface area contributed by atoms with Gasteiger partial charge in [0.1, 0.15) is 0 Å². The largest absolute Gasteiger partial charge is 0.0616 e. The lowest BCUT2D eigenvalue weighted by Gasteiger charge is -2.23. The molecule has 0 aliphatic heterocycles. The van der Waals surface area contributed by atoms with Crippen LogP contribution in [0.2, 0.25) is 0 Å². The average molecular weight is 571 g/mol. The normalized spacial score (nSPS) is 13.7. The number of hydrogen-bond donors (Lipinski definition) is 0. The second kappa shape index (κ2) is 8.80. The Labute approximate surface area is 262 Å². The summed E-state index contributed by atoms with van der Waals surface area (Å²) < 4.78 is 0. The Morgan fingerprint density at radius 3 is 1.82 bits per heavy atom. The van der Waals surface area contributed by atoms with E-state index in [9.17, 15) is 0 Å². The minimum atomic E-state index is -0.0996. The molecule has 1 aliphatic rings. The molecule has 0 atom stereocenters. The topological polar surface area (TPSA) is 0 Å². The molecule has 0 N–H and O–H groups in total. The third-order valence-electron chi connectivity index (χ3n) is 10.6. The number of fused-ring (bicyclic) bond motifs is 6. The molecule has 45 heavy (non-hydrogen) atoms. The third kappa shape index (κ3) is 3.37. The Morgan fingerprint density at radius 1 is 0.356 bits per heavy atom. The predicted molar refractivity (Wildman–Crippen MR) is 194 cm³/mol. The number of rotatable bonds is 2. The minimum absolute atomic E-state index is 0.0996. The average Bonchev–Trinajstić information content (AvgIpc) is 3.32. The Kier molecular flexibility index (Phi) is 4.88. The fourth-order valence-electron chi connectivity index (χ4n) is 8.36. The first-order chi connectivity index (χ1) is 22.1. The van der Waals surface area contributed by atoms with Crippen LogP contribution in [0.15, 0.2) is 146 Å². The van der Waals surface area contributed by atoms with E-state index < -0.39 is 0 Å². The lowest BCUT2D eigenvalue weighted by Crippen LogP contribution is -2.15. The highest BCUT2D eigenvalue weighted by atomic mass is 14.4. The lowest BCUT2D eigenvalue weighted by atomic mass is 9.80. The molecule has 210 valence electrons. The highest BCUT2D eigenvalue weighted by Crippen LogP contribution is 2.53. The summed E-state index contributed by atoms with van der Waals surface area (Å²) in [5.74, 6) is 0. The molecule has 9 aromatic rings. The zero-order chi connectivity index (χ0) is 29.9. The Balaban J connectivity index is 1.17. The molecule has 0 unspecified atom stereocenters. The summed E-state index contributed by atoms with van der Waals surface area (Å²) in [4.78, 5) is 0. The smallest absolute Gasteiger partial charge is 0.0159 e. The van der Waals surface area contributed by atoms with Crippen molar-refractivity contribution >= 4 is 53.9 Å². The SMILES string of the molecule is CC1(C)c2cc(-c3ccc4ccc5cccc6ccc3c4c56)ccc2-c2c1ccc1c(-c3ccc4ccccc4c3)cccc21. The highest BCUT2D eigenvalue weighted by Gasteiger charge is 2.37. The van der Waals surface area contributed by atoms with Crippen molar-refractivity contribution in [1.82, 2.24) is 0 Å². The van der Waals surface area contributed by atoms with Crippen molar-refractivity contribution in [2.24, 2.45) is 0 Å². The van der Waals surface area contributed by atoms with Crippen LogP contribution >= 0.6 is 0 Å². The van der Waals surface area contributed by atoms with E-state index in [1.807, 2.05) is 0 Å². The predicted octanol–water partition coefficient (Wildman–Crippen LogP) is 12.5. The molecular formula is C45H30. The van der Waals surface area contributed by atoms with Gasteiger partial charge in [-0.05, 0) is 111 Å². The quantitative estimate of drug-likeness (QED) is 0.181. The zero-order valence-corrected chi connectivity index (χ0v) is 25.4. The van der Waals surface area contributed by atoms with Gasteiger partial charge in [-0.2, -0.15) is 0 Å². The maximum Gasteiger partial charge on any atom is 0.0159 e. The van der Waals surface area contributed by atoms with Crippen LogP contribution in [0.4, 0.5) is 0 Å². The van der Waals surface area contributed by atoms with Crippen LogP contribution in [0.3, 0.4) is 0 Å². The fourth-order valence-corrected chi connectivity index (χ4v) is 8.36. The van der Waals surface area contributed by atoms with Crippen molar-refractivity contribution in [3.63, 3.8) is 0 Å². The van der Waals surface area contributed by atoms with Crippen molar-refractivity contribution < 1.29 is 0 Å². The molecule has 0 saturated carbocycles. The third-order valence-corrected chi connectivity index (χ3v) is 10.6. The molecule has 0 heteroatoms. The molecule has 0 spiro atoms. The minimum Gasteiger partial charge on any atom is -0.0616 e. The van der Waals surface area contributed by atoms with E-state index in [1.165, 1.54) is 98.4 Å². The van der Waals surface area contributed by atoms with Gasteiger partial charge in [0.2, 0.25) is 0 Å². The molecule has 0 amide bonds. The van der Waals surface area contributed by atoms with Crippen LogP contribution < -0.4 is 0 Å². The first-order valence-corrected chi connectivity index (χ1v) is 15.9. The van der Waals surface area contributed by atoms with Gasteiger partial charge in [0.05, 0.1) is 0 Å². The molecule has 1 aliphatic carbocycles. The summed E-state index contributed by atoms with van der Waals surface area (Å²) in [5, 5.41) is 13.2. The van der Waals surface area contributed by atoms with Crippen molar-refractivity contribution in [1.29, 1.82) is 0 Å². The second-order valence-corrected chi connectivity index (χ2v) is 13.3. The molecule has 0 heterocycles. The molecule has 0 radical (unpaired) electrons. The Bertz CT molecular complexity index is 2650. The maximum atomic E-state index is 2.47. The van der Waals surface area contributed by atoms with Gasteiger partial charge in [0.15, 0.2) is 0 Å². The van der Waals surface area contributed by atoms with Crippen LogP contribution in [0.25, 0.3) is 87.2 Å². The van der Waals surface area contributed by atoms with E-state index in [0.717, 1.165) is 0 Å². The molecule has 0 bridgehead atoms. The summed E-state index contributed by atoms with van der Waals surface area (Å²) in [6.45, 7) is 4.79. The Hall–Kier alpha value is -5.46. The van der Waals surface area contributed by atoms with Crippen LogP contribution in [-0.2, 0) is 5.41 Å². The molecule has 0 saturated heterocycles. The monoisotopic (exact) mass is 570 g/mol. The fraction of sp³-hybridized carbons (Fsp3) is 0.0667. The summed E-state index contributed by atoms with van der Waals surface area (Å²) in [6, 6.07) is 54.7. The molecule has 10 rings (SSSR count). The molecule has 0 nitrogen and oxygen atoms in total. The van der Waals surface area contributed by atoms with Gasteiger partial charge in [0, 0.05) is 5.41 Å².